The summed E-state index contributed by atoms with van der Waals surface area (Å²) in [4.78, 5) is 0.791. The van der Waals surface area contributed by atoms with Crippen LogP contribution in [0, 0.1) is 11.7 Å². The first-order chi connectivity index (χ1) is 9.34. The van der Waals surface area contributed by atoms with Crippen LogP contribution in [-0.2, 0) is 10.0 Å². The van der Waals surface area contributed by atoms with E-state index in [9.17, 15) is 12.8 Å². The number of hydrogen-bond donors (Lipinski definition) is 1. The molecule has 0 saturated carbocycles. The molecule has 2 N–H and O–H groups in total. The average Bonchev–Trinajstić information content (AvgIpc) is 2.35. The monoisotopic (exact) mass is 318 g/mol. The number of halogens is 1. The molecule has 7 heteroatoms. The second-order valence-corrected chi connectivity index (χ2v) is 8.24. The first-order valence-electron chi connectivity index (χ1n) is 6.48. The number of anilines is 1. The Morgan fingerprint density at radius 2 is 2.20 bits per heavy atom. The fourth-order valence-electron chi connectivity index (χ4n) is 2.35. The normalized spacial score (nSPS) is 21.0. The molecule has 20 heavy (non-hydrogen) atoms. The molecule has 112 valence electrons. The van der Waals surface area contributed by atoms with Crippen molar-refractivity contribution in [1.29, 1.82) is 0 Å². The van der Waals surface area contributed by atoms with Gasteiger partial charge in [-0.05, 0) is 37.0 Å². The Hall–Kier alpha value is -0.790. The molecule has 0 aliphatic carbocycles. The number of hydrogen-bond acceptors (Lipinski definition) is 4. The molecule has 1 heterocycles. The molecule has 1 aromatic rings. The topological polar surface area (TPSA) is 63.4 Å². The Morgan fingerprint density at radius 3 is 2.85 bits per heavy atom. The van der Waals surface area contributed by atoms with Gasteiger partial charge in [-0.2, -0.15) is 0 Å². The number of nitrogen functional groups attached to an aromatic ring is 1. The zero-order valence-electron chi connectivity index (χ0n) is 11.4. The molecule has 0 spiro atoms. The molecule has 0 bridgehead atoms. The average molecular weight is 318 g/mol. The van der Waals surface area contributed by atoms with Gasteiger partial charge in [0, 0.05) is 29.4 Å². The van der Waals surface area contributed by atoms with E-state index in [0.29, 0.717) is 24.7 Å². The number of benzene rings is 1. The van der Waals surface area contributed by atoms with Crippen LogP contribution in [0.2, 0.25) is 0 Å². The highest BCUT2D eigenvalue weighted by Crippen LogP contribution is 2.28. The van der Waals surface area contributed by atoms with Crippen molar-refractivity contribution in [1.82, 2.24) is 4.31 Å². The Kier molecular flexibility index (Phi) is 4.93. The summed E-state index contributed by atoms with van der Waals surface area (Å²) in [5.74, 6) is 0.733. The largest absolute Gasteiger partial charge is 0.399 e. The molecule has 1 atom stereocenters. The smallest absolute Gasteiger partial charge is 0.211 e. The maximum absolute atomic E-state index is 13.2. The molecule has 2 rings (SSSR count). The quantitative estimate of drug-likeness (QED) is 0.683. The number of thioether (sulfide) groups is 1. The van der Waals surface area contributed by atoms with Crippen LogP contribution < -0.4 is 5.73 Å². The summed E-state index contributed by atoms with van der Waals surface area (Å²) < 4.78 is 37.9. The van der Waals surface area contributed by atoms with E-state index < -0.39 is 10.0 Å². The first-order valence-corrected chi connectivity index (χ1v) is 9.32. The third-order valence-electron chi connectivity index (χ3n) is 3.33. The SMILES string of the molecule is CS(=O)(=O)N1CCCC(CSc2cc(N)cc(F)c2)C1. The zero-order valence-corrected chi connectivity index (χ0v) is 13.0. The van der Waals surface area contributed by atoms with Crippen molar-refractivity contribution in [3.63, 3.8) is 0 Å². The van der Waals surface area contributed by atoms with E-state index in [2.05, 4.69) is 0 Å². The second-order valence-electron chi connectivity index (χ2n) is 5.16. The number of piperidine rings is 1. The number of rotatable bonds is 4. The molecule has 1 unspecified atom stereocenters. The van der Waals surface area contributed by atoms with Gasteiger partial charge in [0.25, 0.3) is 0 Å². The number of sulfonamides is 1. The predicted octanol–water partition coefficient (Wildman–Crippen LogP) is 2.17. The first kappa shape index (κ1) is 15.6. The highest BCUT2D eigenvalue weighted by atomic mass is 32.2. The van der Waals surface area contributed by atoms with Gasteiger partial charge in [0.1, 0.15) is 5.82 Å². The standard InChI is InChI=1S/C13H19FN2O2S2/c1-20(17,18)16-4-2-3-10(8-16)9-19-13-6-11(14)5-12(15)7-13/h5-7,10H,2-4,8-9,15H2,1H3. The molecule has 4 nitrogen and oxygen atoms in total. The van der Waals surface area contributed by atoms with Crippen LogP contribution >= 0.6 is 11.8 Å². The van der Waals surface area contributed by atoms with E-state index in [0.717, 1.165) is 23.5 Å². The Bertz CT molecular complexity index is 557. The van der Waals surface area contributed by atoms with Gasteiger partial charge in [0.2, 0.25) is 10.0 Å². The summed E-state index contributed by atoms with van der Waals surface area (Å²) in [5.41, 5.74) is 6.02. The fourth-order valence-corrected chi connectivity index (χ4v) is 4.40. The van der Waals surface area contributed by atoms with Gasteiger partial charge in [0.15, 0.2) is 0 Å². The number of nitrogens with two attached hydrogens (primary N) is 1. The van der Waals surface area contributed by atoms with Crippen LogP contribution in [0.5, 0.6) is 0 Å². The van der Waals surface area contributed by atoms with Gasteiger partial charge < -0.3 is 5.73 Å². The van der Waals surface area contributed by atoms with Crippen molar-refractivity contribution in [3.8, 4) is 0 Å². The highest BCUT2D eigenvalue weighted by Gasteiger charge is 2.25. The second kappa shape index (κ2) is 6.32. The van der Waals surface area contributed by atoms with E-state index in [-0.39, 0.29) is 5.82 Å². The molecular formula is C13H19FN2O2S2. The lowest BCUT2D eigenvalue weighted by Gasteiger charge is -2.30. The lowest BCUT2D eigenvalue weighted by molar-refractivity contribution is 0.286. The molecule has 0 amide bonds. The van der Waals surface area contributed by atoms with Crippen molar-refractivity contribution in [2.75, 3.05) is 30.8 Å². The van der Waals surface area contributed by atoms with Gasteiger partial charge in [0.05, 0.1) is 6.26 Å². The predicted molar refractivity (Wildman–Crippen MR) is 80.7 cm³/mol. The summed E-state index contributed by atoms with van der Waals surface area (Å²) in [7, 11) is -3.11. The molecule has 1 aromatic carbocycles. The van der Waals surface area contributed by atoms with E-state index in [1.165, 1.54) is 34.5 Å². The summed E-state index contributed by atoms with van der Waals surface area (Å²) in [5, 5.41) is 0. The van der Waals surface area contributed by atoms with Crippen molar-refractivity contribution in [3.05, 3.63) is 24.0 Å². The minimum absolute atomic E-state index is 0.299. The number of nitrogens with zero attached hydrogens (tertiary/aromatic N) is 1. The minimum Gasteiger partial charge on any atom is -0.399 e. The van der Waals surface area contributed by atoms with Crippen molar-refractivity contribution in [2.45, 2.75) is 17.7 Å². The highest BCUT2D eigenvalue weighted by molar-refractivity contribution is 7.99. The minimum atomic E-state index is -3.11. The van der Waals surface area contributed by atoms with Gasteiger partial charge >= 0.3 is 0 Å². The van der Waals surface area contributed by atoms with Gasteiger partial charge in [-0.25, -0.2) is 17.1 Å². The molecule has 0 radical (unpaired) electrons. The van der Waals surface area contributed by atoms with Crippen molar-refractivity contribution >= 4 is 27.5 Å². The summed E-state index contributed by atoms with van der Waals surface area (Å²) in [6, 6.07) is 4.49. The molecule has 1 aliphatic heterocycles. The van der Waals surface area contributed by atoms with Crippen LogP contribution in [-0.4, -0.2) is 37.8 Å². The van der Waals surface area contributed by atoms with E-state index in [1.807, 2.05) is 0 Å². The lowest BCUT2D eigenvalue weighted by Crippen LogP contribution is -2.39. The Balaban J connectivity index is 1.93. The van der Waals surface area contributed by atoms with Gasteiger partial charge in [-0.15, -0.1) is 11.8 Å². The van der Waals surface area contributed by atoms with Crippen LogP contribution in [0.25, 0.3) is 0 Å². The fraction of sp³-hybridized carbons (Fsp3) is 0.538. The van der Waals surface area contributed by atoms with E-state index in [4.69, 9.17) is 5.73 Å². The third kappa shape index (κ3) is 4.36. The van der Waals surface area contributed by atoms with Crippen LogP contribution in [0.3, 0.4) is 0 Å². The zero-order chi connectivity index (χ0) is 14.8. The maximum atomic E-state index is 13.2. The van der Waals surface area contributed by atoms with E-state index >= 15 is 0 Å². The van der Waals surface area contributed by atoms with Crippen molar-refractivity contribution < 1.29 is 12.8 Å². The molecule has 1 aliphatic rings. The van der Waals surface area contributed by atoms with Gasteiger partial charge in [-0.1, -0.05) is 0 Å². The van der Waals surface area contributed by atoms with Crippen molar-refractivity contribution in [2.24, 2.45) is 5.92 Å². The summed E-state index contributed by atoms with van der Waals surface area (Å²) in [6.07, 6.45) is 3.13. The third-order valence-corrected chi connectivity index (χ3v) is 5.81. The molecule has 1 fully saturated rings. The summed E-state index contributed by atoms with van der Waals surface area (Å²) in [6.45, 7) is 1.16. The molecule has 1 saturated heterocycles. The van der Waals surface area contributed by atoms with Crippen LogP contribution in [0.4, 0.5) is 10.1 Å². The molecular weight excluding hydrogens is 299 g/mol. The summed E-state index contributed by atoms with van der Waals surface area (Å²) >= 11 is 1.53. The van der Waals surface area contributed by atoms with Crippen LogP contribution in [0.1, 0.15) is 12.8 Å². The molecule has 0 aromatic heterocycles. The lowest BCUT2D eigenvalue weighted by atomic mass is 10.0. The van der Waals surface area contributed by atoms with E-state index in [1.54, 1.807) is 6.07 Å². The van der Waals surface area contributed by atoms with Crippen LogP contribution in [0.15, 0.2) is 23.1 Å². The Morgan fingerprint density at radius 1 is 1.45 bits per heavy atom. The van der Waals surface area contributed by atoms with Gasteiger partial charge in [-0.3, -0.25) is 0 Å². The Labute approximate surface area is 123 Å². The maximum Gasteiger partial charge on any atom is 0.211 e.